The van der Waals surface area contributed by atoms with E-state index in [1.54, 1.807) is 26.2 Å². The highest BCUT2D eigenvalue weighted by atomic mass is 35.5. The van der Waals surface area contributed by atoms with E-state index in [9.17, 15) is 4.79 Å². The lowest BCUT2D eigenvalue weighted by Crippen LogP contribution is -2.25. The first kappa shape index (κ1) is 14.9. The zero-order chi connectivity index (χ0) is 13.9. The number of alkyl halides is 1. The molecule has 0 spiro atoms. The van der Waals surface area contributed by atoms with Gasteiger partial charge in [-0.1, -0.05) is 17.7 Å². The summed E-state index contributed by atoms with van der Waals surface area (Å²) in [5, 5.41) is -0.570. The summed E-state index contributed by atoms with van der Waals surface area (Å²) in [7, 11) is 6.25. The molecule has 0 aliphatic carbocycles. The second-order valence-corrected chi connectivity index (χ2v) is 4.61. The van der Waals surface area contributed by atoms with Crippen molar-refractivity contribution in [3.8, 4) is 11.5 Å². The molecule has 0 aromatic heterocycles. The minimum absolute atomic E-state index is 0.245. The Morgan fingerprint density at radius 3 is 2.33 bits per heavy atom. The minimum Gasteiger partial charge on any atom is -0.493 e. The van der Waals surface area contributed by atoms with Crippen LogP contribution in [-0.2, 0) is 4.79 Å². The van der Waals surface area contributed by atoms with Gasteiger partial charge < -0.3 is 14.4 Å². The molecule has 0 heterocycles. The third kappa shape index (κ3) is 2.82. The van der Waals surface area contributed by atoms with Crippen LogP contribution in [0.5, 0.6) is 11.5 Å². The standard InChI is InChI=1S/C12H15Cl2NO3/c1-15(2)12(16)10(14)7-5-6-8(17-3)11(18-4)9(7)13/h5-6,10H,1-4H3. The molecule has 18 heavy (non-hydrogen) atoms. The molecule has 1 aromatic carbocycles. The number of ether oxygens (including phenoxy) is 2. The van der Waals surface area contributed by atoms with Gasteiger partial charge in [0.2, 0.25) is 5.91 Å². The number of nitrogens with zero attached hydrogens (tertiary/aromatic N) is 1. The Balaban J connectivity index is 3.23. The molecule has 1 atom stereocenters. The topological polar surface area (TPSA) is 38.8 Å². The molecule has 100 valence electrons. The SMILES string of the molecule is COc1ccc(C(Cl)C(=O)N(C)C)c(Cl)c1OC. The number of benzene rings is 1. The van der Waals surface area contributed by atoms with Crippen molar-refractivity contribution in [3.05, 3.63) is 22.7 Å². The highest BCUT2D eigenvalue weighted by molar-refractivity contribution is 6.37. The van der Waals surface area contributed by atoms with E-state index in [0.29, 0.717) is 17.1 Å². The van der Waals surface area contributed by atoms with Crippen LogP contribution < -0.4 is 9.47 Å². The van der Waals surface area contributed by atoms with Crippen LogP contribution in [0, 0.1) is 0 Å². The van der Waals surface area contributed by atoms with Crippen molar-refractivity contribution in [1.82, 2.24) is 4.90 Å². The summed E-state index contributed by atoms with van der Waals surface area (Å²) < 4.78 is 10.3. The Labute approximate surface area is 116 Å². The van der Waals surface area contributed by atoms with Crippen molar-refractivity contribution >= 4 is 29.1 Å². The minimum atomic E-state index is -0.854. The molecule has 1 rings (SSSR count). The number of halogens is 2. The summed E-state index contributed by atoms with van der Waals surface area (Å²) >= 11 is 12.3. The van der Waals surface area contributed by atoms with E-state index in [1.165, 1.54) is 19.1 Å². The molecule has 0 saturated carbocycles. The first-order valence-electron chi connectivity index (χ1n) is 5.19. The van der Waals surface area contributed by atoms with E-state index in [4.69, 9.17) is 32.7 Å². The molecular weight excluding hydrogens is 277 g/mol. The van der Waals surface area contributed by atoms with Crippen LogP contribution in [0.3, 0.4) is 0 Å². The van der Waals surface area contributed by atoms with E-state index >= 15 is 0 Å². The Kier molecular flexibility index (Phi) is 5.11. The first-order chi connectivity index (χ1) is 8.43. The van der Waals surface area contributed by atoms with Crippen LogP contribution in [0.15, 0.2) is 12.1 Å². The number of hydrogen-bond acceptors (Lipinski definition) is 3. The van der Waals surface area contributed by atoms with E-state index < -0.39 is 5.38 Å². The number of hydrogen-bond donors (Lipinski definition) is 0. The zero-order valence-corrected chi connectivity index (χ0v) is 12.2. The Bertz CT molecular complexity index is 449. The van der Waals surface area contributed by atoms with Gasteiger partial charge in [-0.2, -0.15) is 0 Å². The predicted octanol–water partition coefficient (Wildman–Crippen LogP) is 2.73. The molecule has 0 aliphatic rings. The fourth-order valence-electron chi connectivity index (χ4n) is 1.46. The van der Waals surface area contributed by atoms with Gasteiger partial charge in [0.15, 0.2) is 11.5 Å². The molecule has 6 heteroatoms. The molecule has 0 N–H and O–H groups in total. The number of rotatable bonds is 4. The molecule has 0 fully saturated rings. The maximum absolute atomic E-state index is 11.8. The Morgan fingerprint density at radius 1 is 1.28 bits per heavy atom. The van der Waals surface area contributed by atoms with Crippen LogP contribution in [0.1, 0.15) is 10.9 Å². The van der Waals surface area contributed by atoms with Crippen molar-refractivity contribution in [3.63, 3.8) is 0 Å². The van der Waals surface area contributed by atoms with Crippen LogP contribution in [0.25, 0.3) is 0 Å². The Morgan fingerprint density at radius 2 is 1.89 bits per heavy atom. The number of likely N-dealkylation sites (N-methyl/N-ethyl adjacent to an activating group) is 1. The van der Waals surface area contributed by atoms with Gasteiger partial charge in [-0.3, -0.25) is 4.79 Å². The lowest BCUT2D eigenvalue weighted by Gasteiger charge is -2.18. The summed E-state index contributed by atoms with van der Waals surface area (Å²) in [6, 6.07) is 3.32. The number of amides is 1. The quantitative estimate of drug-likeness (QED) is 0.801. The fourth-order valence-corrected chi connectivity index (χ4v) is 2.24. The van der Waals surface area contributed by atoms with Crippen LogP contribution in [0.4, 0.5) is 0 Å². The summed E-state index contributed by atoms with van der Waals surface area (Å²) in [5.74, 6) is 0.618. The van der Waals surface area contributed by atoms with Crippen LogP contribution in [-0.4, -0.2) is 39.1 Å². The van der Waals surface area contributed by atoms with Gasteiger partial charge in [-0.15, -0.1) is 11.6 Å². The first-order valence-corrected chi connectivity index (χ1v) is 6.01. The molecular formula is C12H15Cl2NO3. The lowest BCUT2D eigenvalue weighted by atomic mass is 10.1. The van der Waals surface area contributed by atoms with Gasteiger partial charge in [-0.25, -0.2) is 0 Å². The van der Waals surface area contributed by atoms with Crippen molar-refractivity contribution in [1.29, 1.82) is 0 Å². The summed E-state index contributed by atoms with van der Waals surface area (Å²) in [6.07, 6.45) is 0. The molecule has 1 amide bonds. The maximum Gasteiger partial charge on any atom is 0.244 e. The van der Waals surface area contributed by atoms with Crippen LogP contribution in [0.2, 0.25) is 5.02 Å². The van der Waals surface area contributed by atoms with E-state index in [0.717, 1.165) is 0 Å². The molecule has 0 radical (unpaired) electrons. The third-order valence-corrected chi connectivity index (χ3v) is 3.26. The second-order valence-electron chi connectivity index (χ2n) is 3.80. The van der Waals surface area contributed by atoms with Gasteiger partial charge in [0, 0.05) is 19.7 Å². The number of carbonyl (C=O) groups excluding carboxylic acids is 1. The molecule has 0 aliphatic heterocycles. The highest BCUT2D eigenvalue weighted by Gasteiger charge is 2.25. The van der Waals surface area contributed by atoms with Crippen LogP contribution >= 0.6 is 23.2 Å². The highest BCUT2D eigenvalue weighted by Crippen LogP contribution is 2.41. The van der Waals surface area contributed by atoms with Crippen molar-refractivity contribution in [2.24, 2.45) is 0 Å². The predicted molar refractivity (Wildman–Crippen MR) is 71.8 cm³/mol. The van der Waals surface area contributed by atoms with E-state index in [2.05, 4.69) is 0 Å². The monoisotopic (exact) mass is 291 g/mol. The summed E-state index contributed by atoms with van der Waals surface area (Å²) in [6.45, 7) is 0. The second kappa shape index (κ2) is 6.16. The van der Waals surface area contributed by atoms with Gasteiger partial charge in [0.05, 0.1) is 19.2 Å². The average Bonchev–Trinajstić information content (AvgIpc) is 2.36. The normalized spacial score (nSPS) is 11.9. The summed E-state index contributed by atoms with van der Waals surface area (Å²) in [5.41, 5.74) is 0.495. The zero-order valence-electron chi connectivity index (χ0n) is 10.7. The van der Waals surface area contributed by atoms with Gasteiger partial charge >= 0.3 is 0 Å². The largest absolute Gasteiger partial charge is 0.493 e. The maximum atomic E-state index is 11.8. The molecule has 1 unspecified atom stereocenters. The van der Waals surface area contributed by atoms with E-state index in [-0.39, 0.29) is 10.9 Å². The Hall–Kier alpha value is -1.13. The van der Waals surface area contributed by atoms with Gasteiger partial charge in [0.25, 0.3) is 0 Å². The molecule has 1 aromatic rings. The van der Waals surface area contributed by atoms with Crippen molar-refractivity contribution in [2.45, 2.75) is 5.38 Å². The fraction of sp³-hybridized carbons (Fsp3) is 0.417. The lowest BCUT2D eigenvalue weighted by molar-refractivity contribution is -0.128. The third-order valence-electron chi connectivity index (χ3n) is 2.45. The van der Waals surface area contributed by atoms with Gasteiger partial charge in [0.1, 0.15) is 5.38 Å². The molecule has 0 bridgehead atoms. The average molecular weight is 292 g/mol. The molecule has 4 nitrogen and oxygen atoms in total. The van der Waals surface area contributed by atoms with Crippen molar-refractivity contribution < 1.29 is 14.3 Å². The smallest absolute Gasteiger partial charge is 0.244 e. The van der Waals surface area contributed by atoms with E-state index in [1.807, 2.05) is 0 Å². The van der Waals surface area contributed by atoms with Gasteiger partial charge in [-0.05, 0) is 6.07 Å². The summed E-state index contributed by atoms with van der Waals surface area (Å²) in [4.78, 5) is 13.2. The van der Waals surface area contributed by atoms with Crippen molar-refractivity contribution in [2.75, 3.05) is 28.3 Å². The molecule has 0 saturated heterocycles. The number of carbonyl (C=O) groups is 1. The number of methoxy groups -OCH3 is 2.